The molecule has 0 aromatic rings. The molecule has 80 valence electrons. The molecule has 1 aliphatic rings. The highest BCUT2D eigenvalue weighted by Gasteiger charge is 2.34. The molecule has 0 aromatic heterocycles. The minimum atomic E-state index is -0.940. The van der Waals surface area contributed by atoms with Gasteiger partial charge in [-0.25, -0.2) is 0 Å². The highest BCUT2D eigenvalue weighted by atomic mass is 16.4. The number of hydrogen-bond donors (Lipinski definition) is 2. The fourth-order valence-corrected chi connectivity index (χ4v) is 1.69. The Balaban J connectivity index is 2.47. The zero-order valence-corrected chi connectivity index (χ0v) is 8.14. The molecule has 1 rings (SSSR count). The van der Waals surface area contributed by atoms with Gasteiger partial charge in [-0.3, -0.25) is 14.5 Å². The van der Waals surface area contributed by atoms with Crippen molar-refractivity contribution in [3.8, 4) is 0 Å². The molecule has 0 saturated carbocycles. The average Bonchev–Trinajstić information content (AvgIpc) is 2.08. The summed E-state index contributed by atoms with van der Waals surface area (Å²) in [6.45, 7) is 2.72. The third kappa shape index (κ3) is 2.45. The van der Waals surface area contributed by atoms with Crippen LogP contribution in [0.25, 0.3) is 0 Å². The van der Waals surface area contributed by atoms with Gasteiger partial charge in [-0.15, -0.1) is 0 Å². The Morgan fingerprint density at radius 2 is 2.14 bits per heavy atom. The summed E-state index contributed by atoms with van der Waals surface area (Å²) in [5.74, 6) is -1.86. The Hall–Kier alpha value is -1.10. The number of carboxylic acid groups (broad SMARTS) is 2. The van der Waals surface area contributed by atoms with Gasteiger partial charge in [-0.1, -0.05) is 0 Å². The Labute approximate surface area is 82.3 Å². The molecule has 2 unspecified atom stereocenters. The molecule has 0 radical (unpaired) electrons. The van der Waals surface area contributed by atoms with Gasteiger partial charge in [0.25, 0.3) is 0 Å². The quantitative estimate of drug-likeness (QED) is 0.673. The first kappa shape index (κ1) is 11.0. The summed E-state index contributed by atoms with van der Waals surface area (Å²) in [6.07, 6.45) is 1.10. The van der Waals surface area contributed by atoms with E-state index in [0.717, 1.165) is 13.0 Å². The van der Waals surface area contributed by atoms with E-state index in [2.05, 4.69) is 0 Å². The Kier molecular flexibility index (Phi) is 3.46. The molecule has 1 heterocycles. The van der Waals surface area contributed by atoms with Crippen molar-refractivity contribution < 1.29 is 19.8 Å². The number of likely N-dealkylation sites (tertiary alicyclic amines) is 1. The van der Waals surface area contributed by atoms with Crippen molar-refractivity contribution in [1.82, 2.24) is 4.90 Å². The number of carbonyl (C=O) groups is 2. The summed E-state index contributed by atoms with van der Waals surface area (Å²) in [5, 5.41) is 17.4. The van der Waals surface area contributed by atoms with E-state index in [0.29, 0.717) is 0 Å². The van der Waals surface area contributed by atoms with Crippen LogP contribution in [0, 0.1) is 0 Å². The van der Waals surface area contributed by atoms with E-state index in [1.54, 1.807) is 0 Å². The molecule has 1 fully saturated rings. The summed E-state index contributed by atoms with van der Waals surface area (Å²) in [4.78, 5) is 23.0. The van der Waals surface area contributed by atoms with Crippen LogP contribution in [-0.2, 0) is 9.59 Å². The van der Waals surface area contributed by atoms with Crippen molar-refractivity contribution >= 4 is 11.9 Å². The lowest BCUT2D eigenvalue weighted by Gasteiger charge is -2.42. The Morgan fingerprint density at radius 3 is 2.43 bits per heavy atom. The van der Waals surface area contributed by atoms with Gasteiger partial charge in [-0.05, 0) is 19.8 Å². The number of rotatable bonds is 5. The molecular formula is C9H15NO4. The first-order valence-electron chi connectivity index (χ1n) is 4.72. The highest BCUT2D eigenvalue weighted by molar-refractivity contribution is 5.75. The third-order valence-corrected chi connectivity index (χ3v) is 2.69. The summed E-state index contributed by atoms with van der Waals surface area (Å²) in [5.41, 5.74) is 0. The van der Waals surface area contributed by atoms with Crippen LogP contribution in [0.1, 0.15) is 26.2 Å². The van der Waals surface area contributed by atoms with Gasteiger partial charge in [-0.2, -0.15) is 0 Å². The van der Waals surface area contributed by atoms with Crippen molar-refractivity contribution in [3.05, 3.63) is 0 Å². The third-order valence-electron chi connectivity index (χ3n) is 2.69. The fraction of sp³-hybridized carbons (Fsp3) is 0.778. The molecule has 5 nitrogen and oxygen atoms in total. The monoisotopic (exact) mass is 201 g/mol. The number of aliphatic carboxylic acids is 2. The number of hydrogen-bond acceptors (Lipinski definition) is 3. The first-order valence-corrected chi connectivity index (χ1v) is 4.72. The second kappa shape index (κ2) is 4.41. The fourth-order valence-electron chi connectivity index (χ4n) is 1.69. The standard InChI is InChI=1S/C9H15NO4/c1-6-4-5-10(6)7(9(13)14)2-3-8(11)12/h6-7H,2-5H2,1H3,(H,11,12)(H,13,14). The second-order valence-corrected chi connectivity index (χ2v) is 3.66. The van der Waals surface area contributed by atoms with Crippen LogP contribution in [0.2, 0.25) is 0 Å². The number of carboxylic acids is 2. The SMILES string of the molecule is CC1CCN1C(CCC(=O)O)C(=O)O. The maximum Gasteiger partial charge on any atom is 0.320 e. The lowest BCUT2D eigenvalue weighted by molar-refractivity contribution is -0.148. The van der Waals surface area contributed by atoms with Crippen LogP contribution >= 0.6 is 0 Å². The minimum Gasteiger partial charge on any atom is -0.481 e. The van der Waals surface area contributed by atoms with Crippen LogP contribution in [0.15, 0.2) is 0 Å². The second-order valence-electron chi connectivity index (χ2n) is 3.66. The van der Waals surface area contributed by atoms with Crippen LogP contribution in [0.5, 0.6) is 0 Å². The summed E-state index contributed by atoms with van der Waals surface area (Å²) >= 11 is 0. The zero-order chi connectivity index (χ0) is 10.7. The summed E-state index contributed by atoms with van der Waals surface area (Å²) in [7, 11) is 0. The van der Waals surface area contributed by atoms with Crippen molar-refractivity contribution in [2.24, 2.45) is 0 Å². The van der Waals surface area contributed by atoms with E-state index in [9.17, 15) is 9.59 Å². The van der Waals surface area contributed by atoms with E-state index in [1.165, 1.54) is 0 Å². The van der Waals surface area contributed by atoms with Gasteiger partial charge in [0.1, 0.15) is 6.04 Å². The van der Waals surface area contributed by atoms with Crippen LogP contribution in [0.3, 0.4) is 0 Å². The summed E-state index contributed by atoms with van der Waals surface area (Å²) < 4.78 is 0. The largest absolute Gasteiger partial charge is 0.481 e. The molecule has 0 amide bonds. The normalized spacial score (nSPS) is 23.9. The van der Waals surface area contributed by atoms with Gasteiger partial charge in [0.15, 0.2) is 0 Å². The van der Waals surface area contributed by atoms with Crippen LogP contribution in [-0.4, -0.2) is 45.7 Å². The van der Waals surface area contributed by atoms with Crippen molar-refractivity contribution in [2.45, 2.75) is 38.3 Å². The van der Waals surface area contributed by atoms with Crippen molar-refractivity contribution in [3.63, 3.8) is 0 Å². The maximum atomic E-state index is 10.9. The molecule has 0 spiro atoms. The van der Waals surface area contributed by atoms with Gasteiger partial charge in [0.2, 0.25) is 0 Å². The Bertz CT molecular complexity index is 241. The van der Waals surface area contributed by atoms with Crippen molar-refractivity contribution in [1.29, 1.82) is 0 Å². The minimum absolute atomic E-state index is 0.0831. The van der Waals surface area contributed by atoms with Crippen LogP contribution < -0.4 is 0 Å². The topological polar surface area (TPSA) is 77.8 Å². The average molecular weight is 201 g/mol. The highest BCUT2D eigenvalue weighted by Crippen LogP contribution is 2.22. The van der Waals surface area contributed by atoms with Crippen molar-refractivity contribution in [2.75, 3.05) is 6.54 Å². The molecule has 2 atom stereocenters. The van der Waals surface area contributed by atoms with E-state index < -0.39 is 18.0 Å². The number of nitrogens with zero attached hydrogens (tertiary/aromatic N) is 1. The lowest BCUT2D eigenvalue weighted by atomic mass is 9.99. The van der Waals surface area contributed by atoms with Gasteiger partial charge in [0, 0.05) is 19.0 Å². The molecule has 2 N–H and O–H groups in total. The smallest absolute Gasteiger partial charge is 0.320 e. The molecule has 1 aliphatic heterocycles. The van der Waals surface area contributed by atoms with E-state index >= 15 is 0 Å². The Morgan fingerprint density at radius 1 is 1.50 bits per heavy atom. The molecule has 0 bridgehead atoms. The molecule has 0 aromatic carbocycles. The molecular weight excluding hydrogens is 186 g/mol. The van der Waals surface area contributed by atoms with E-state index in [-0.39, 0.29) is 18.9 Å². The lowest BCUT2D eigenvalue weighted by Crippen LogP contribution is -2.54. The molecule has 5 heteroatoms. The van der Waals surface area contributed by atoms with Gasteiger partial charge < -0.3 is 10.2 Å². The summed E-state index contributed by atoms with van der Waals surface area (Å²) in [6, 6.07) is -0.361. The molecule has 0 aliphatic carbocycles. The van der Waals surface area contributed by atoms with Crippen LogP contribution in [0.4, 0.5) is 0 Å². The predicted octanol–water partition coefficient (Wildman–Crippen LogP) is 0.399. The molecule has 14 heavy (non-hydrogen) atoms. The van der Waals surface area contributed by atoms with E-state index in [4.69, 9.17) is 10.2 Å². The molecule has 1 saturated heterocycles. The predicted molar refractivity (Wildman–Crippen MR) is 49.1 cm³/mol. The van der Waals surface area contributed by atoms with E-state index in [1.807, 2.05) is 11.8 Å². The zero-order valence-electron chi connectivity index (χ0n) is 8.14. The maximum absolute atomic E-state index is 10.9. The first-order chi connectivity index (χ1) is 6.52. The van der Waals surface area contributed by atoms with Gasteiger partial charge in [0.05, 0.1) is 0 Å². The van der Waals surface area contributed by atoms with Gasteiger partial charge >= 0.3 is 11.9 Å².